The first-order valence-corrected chi connectivity index (χ1v) is 7.35. The number of methoxy groups -OCH3 is 2. The van der Waals surface area contributed by atoms with Crippen LogP contribution in [0.1, 0.15) is 12.5 Å². The Kier molecular flexibility index (Phi) is 5.60. The maximum absolute atomic E-state index is 5.33. The second-order valence-corrected chi connectivity index (χ2v) is 4.99. The lowest BCUT2D eigenvalue weighted by molar-refractivity contribution is 0.395. The number of benzene rings is 1. The fourth-order valence-electron chi connectivity index (χ4n) is 1.92. The lowest BCUT2D eigenvalue weighted by atomic mass is 10.2. The van der Waals surface area contributed by atoms with E-state index >= 15 is 0 Å². The van der Waals surface area contributed by atoms with Crippen LogP contribution in [0.4, 0.5) is 5.69 Å². The summed E-state index contributed by atoms with van der Waals surface area (Å²) in [7, 11) is 3.22. The molecule has 2 rings (SSSR count). The molecule has 0 saturated heterocycles. The molecule has 7 heteroatoms. The van der Waals surface area contributed by atoms with Crippen LogP contribution in [0.15, 0.2) is 30.6 Å². The van der Waals surface area contributed by atoms with Crippen LogP contribution in [0.5, 0.6) is 11.5 Å². The van der Waals surface area contributed by atoms with Crippen molar-refractivity contribution in [2.75, 3.05) is 19.5 Å². The third-order valence-electron chi connectivity index (χ3n) is 3.12. The van der Waals surface area contributed by atoms with E-state index in [4.69, 9.17) is 21.7 Å². The third-order valence-corrected chi connectivity index (χ3v) is 3.37. The van der Waals surface area contributed by atoms with Gasteiger partial charge in [-0.15, -0.1) is 0 Å². The Morgan fingerprint density at radius 3 is 2.77 bits per heavy atom. The number of hydrogen-bond donors (Lipinski definition) is 2. The molecule has 22 heavy (non-hydrogen) atoms. The molecule has 1 heterocycles. The van der Waals surface area contributed by atoms with Gasteiger partial charge in [0.05, 0.1) is 26.1 Å². The Balaban J connectivity index is 1.94. The maximum atomic E-state index is 5.33. The van der Waals surface area contributed by atoms with Gasteiger partial charge in [-0.25, -0.2) is 0 Å². The molecule has 0 aliphatic carbocycles. The Hall–Kier alpha value is -2.28. The molecule has 2 N–H and O–H groups in total. The number of nitrogens with one attached hydrogen (secondary N) is 2. The molecule has 1 aromatic heterocycles. The molecule has 0 fully saturated rings. The molecule has 118 valence electrons. The van der Waals surface area contributed by atoms with Gasteiger partial charge in [0.1, 0.15) is 11.5 Å². The van der Waals surface area contributed by atoms with Gasteiger partial charge in [0.15, 0.2) is 5.11 Å². The quantitative estimate of drug-likeness (QED) is 0.797. The molecule has 0 saturated carbocycles. The minimum absolute atomic E-state index is 0.521. The monoisotopic (exact) mass is 320 g/mol. The van der Waals surface area contributed by atoms with Crippen LogP contribution in [0.25, 0.3) is 0 Å². The number of hydrogen-bond acceptors (Lipinski definition) is 4. The molecule has 0 amide bonds. The van der Waals surface area contributed by atoms with E-state index in [2.05, 4.69) is 15.7 Å². The summed E-state index contributed by atoms with van der Waals surface area (Å²) in [5.41, 5.74) is 1.86. The first-order valence-electron chi connectivity index (χ1n) is 6.94. The molecule has 0 radical (unpaired) electrons. The molecular formula is C15H20N4O2S. The van der Waals surface area contributed by atoms with Gasteiger partial charge in [0, 0.05) is 30.9 Å². The summed E-state index contributed by atoms with van der Waals surface area (Å²) in [6, 6.07) is 5.51. The van der Waals surface area contributed by atoms with Crippen molar-refractivity contribution in [1.29, 1.82) is 0 Å². The second kappa shape index (κ2) is 7.65. The fourth-order valence-corrected chi connectivity index (χ4v) is 2.10. The number of ether oxygens (including phenoxy) is 2. The van der Waals surface area contributed by atoms with Crippen LogP contribution in [-0.2, 0) is 13.1 Å². The molecular weight excluding hydrogens is 300 g/mol. The average molecular weight is 320 g/mol. The normalized spacial score (nSPS) is 10.1. The summed E-state index contributed by atoms with van der Waals surface area (Å²) < 4.78 is 12.4. The van der Waals surface area contributed by atoms with Gasteiger partial charge in [-0.05, 0) is 31.3 Å². The van der Waals surface area contributed by atoms with Crippen LogP contribution in [0, 0.1) is 0 Å². The minimum atomic E-state index is 0.521. The van der Waals surface area contributed by atoms with Crippen LogP contribution in [0.3, 0.4) is 0 Å². The highest BCUT2D eigenvalue weighted by molar-refractivity contribution is 7.80. The van der Waals surface area contributed by atoms with E-state index in [0.29, 0.717) is 17.4 Å². The highest BCUT2D eigenvalue weighted by Gasteiger charge is 2.07. The molecule has 0 spiro atoms. The molecule has 0 aliphatic heterocycles. The Bertz CT molecular complexity index is 642. The summed E-state index contributed by atoms with van der Waals surface area (Å²) >= 11 is 5.30. The molecule has 0 bridgehead atoms. The van der Waals surface area contributed by atoms with E-state index in [0.717, 1.165) is 23.5 Å². The topological polar surface area (TPSA) is 60.3 Å². The van der Waals surface area contributed by atoms with Gasteiger partial charge < -0.3 is 20.1 Å². The zero-order valence-corrected chi connectivity index (χ0v) is 13.7. The van der Waals surface area contributed by atoms with Crippen molar-refractivity contribution in [1.82, 2.24) is 15.1 Å². The Labute approximate surface area is 135 Å². The van der Waals surface area contributed by atoms with Crippen molar-refractivity contribution in [3.8, 4) is 11.5 Å². The fraction of sp³-hybridized carbons (Fsp3) is 0.333. The summed E-state index contributed by atoms with van der Waals surface area (Å²) in [5.74, 6) is 1.40. The van der Waals surface area contributed by atoms with Crippen LogP contribution >= 0.6 is 12.2 Å². The average Bonchev–Trinajstić information content (AvgIpc) is 3.01. The van der Waals surface area contributed by atoms with Gasteiger partial charge in [-0.1, -0.05) is 0 Å². The van der Waals surface area contributed by atoms with Gasteiger partial charge >= 0.3 is 0 Å². The highest BCUT2D eigenvalue weighted by Crippen LogP contribution is 2.28. The molecule has 0 aliphatic rings. The number of nitrogens with zero attached hydrogens (tertiary/aromatic N) is 2. The van der Waals surface area contributed by atoms with Crippen molar-refractivity contribution in [3.05, 3.63) is 36.2 Å². The smallest absolute Gasteiger partial charge is 0.171 e. The van der Waals surface area contributed by atoms with E-state index < -0.39 is 0 Å². The number of thiocarbonyl (C=S) groups is 1. The summed E-state index contributed by atoms with van der Waals surface area (Å²) in [6.07, 6.45) is 3.82. The zero-order chi connectivity index (χ0) is 15.9. The molecule has 6 nitrogen and oxygen atoms in total. The van der Waals surface area contributed by atoms with E-state index in [-0.39, 0.29) is 0 Å². The maximum Gasteiger partial charge on any atom is 0.171 e. The highest BCUT2D eigenvalue weighted by atomic mass is 32.1. The first-order chi connectivity index (χ1) is 10.7. The number of aromatic nitrogens is 2. The molecule has 0 unspecified atom stereocenters. The predicted molar refractivity (Wildman–Crippen MR) is 90.5 cm³/mol. The zero-order valence-electron chi connectivity index (χ0n) is 12.9. The number of anilines is 1. The van der Waals surface area contributed by atoms with E-state index in [1.54, 1.807) is 20.3 Å². The van der Waals surface area contributed by atoms with Crippen molar-refractivity contribution < 1.29 is 9.47 Å². The van der Waals surface area contributed by atoms with Crippen LogP contribution in [0.2, 0.25) is 0 Å². The van der Waals surface area contributed by atoms with E-state index in [9.17, 15) is 0 Å². The summed E-state index contributed by atoms with van der Waals surface area (Å²) in [6.45, 7) is 3.52. The standard InChI is InChI=1S/C15H20N4O2S/c1-4-19-10-11(9-17-19)8-16-15(22)18-13-6-5-12(20-2)7-14(13)21-3/h5-7,9-10H,4,8H2,1-3H3,(H2,16,18,22). The number of rotatable bonds is 6. The minimum Gasteiger partial charge on any atom is -0.497 e. The summed E-state index contributed by atoms with van der Waals surface area (Å²) in [4.78, 5) is 0. The van der Waals surface area contributed by atoms with E-state index in [1.807, 2.05) is 36.1 Å². The molecule has 1 aromatic carbocycles. The Morgan fingerprint density at radius 1 is 1.32 bits per heavy atom. The SMILES string of the molecule is CCn1cc(CNC(=S)Nc2ccc(OC)cc2OC)cn1. The lowest BCUT2D eigenvalue weighted by Gasteiger charge is -2.14. The van der Waals surface area contributed by atoms with Gasteiger partial charge in [0.2, 0.25) is 0 Å². The van der Waals surface area contributed by atoms with Crippen molar-refractivity contribution in [2.24, 2.45) is 0 Å². The molecule has 0 atom stereocenters. The van der Waals surface area contributed by atoms with Gasteiger partial charge in [0.25, 0.3) is 0 Å². The van der Waals surface area contributed by atoms with Crippen LogP contribution in [-0.4, -0.2) is 29.1 Å². The van der Waals surface area contributed by atoms with Gasteiger partial charge in [-0.2, -0.15) is 5.10 Å². The van der Waals surface area contributed by atoms with Crippen LogP contribution < -0.4 is 20.1 Å². The first kappa shape index (κ1) is 16.1. The van der Waals surface area contributed by atoms with Crippen molar-refractivity contribution in [2.45, 2.75) is 20.0 Å². The number of aryl methyl sites for hydroxylation is 1. The predicted octanol–water partition coefficient (Wildman–Crippen LogP) is 2.41. The lowest BCUT2D eigenvalue weighted by Crippen LogP contribution is -2.27. The van der Waals surface area contributed by atoms with Crippen molar-refractivity contribution >= 4 is 23.0 Å². The summed E-state index contributed by atoms with van der Waals surface area (Å²) in [5, 5.41) is 11.0. The third kappa shape index (κ3) is 4.11. The second-order valence-electron chi connectivity index (χ2n) is 4.58. The van der Waals surface area contributed by atoms with Gasteiger partial charge in [-0.3, -0.25) is 4.68 Å². The molecule has 2 aromatic rings. The van der Waals surface area contributed by atoms with E-state index in [1.165, 1.54) is 0 Å². The van der Waals surface area contributed by atoms with Crippen molar-refractivity contribution in [3.63, 3.8) is 0 Å². The largest absolute Gasteiger partial charge is 0.497 e. The Morgan fingerprint density at radius 2 is 2.14 bits per heavy atom.